The van der Waals surface area contributed by atoms with E-state index in [1.807, 2.05) is 6.07 Å². The van der Waals surface area contributed by atoms with Crippen LogP contribution in [0.3, 0.4) is 0 Å². The Morgan fingerprint density at radius 1 is 1.36 bits per heavy atom. The molecule has 1 aromatic carbocycles. The molecule has 1 amide bonds. The lowest BCUT2D eigenvalue weighted by Gasteiger charge is -2.22. The summed E-state index contributed by atoms with van der Waals surface area (Å²) < 4.78 is 6.59. The van der Waals surface area contributed by atoms with Gasteiger partial charge in [-0.3, -0.25) is 10.1 Å². The van der Waals surface area contributed by atoms with Crippen LogP contribution in [0.5, 0.6) is 5.75 Å². The average molecular weight is 425 g/mol. The number of thiocarbonyl (C=S) groups is 1. The highest BCUT2D eigenvalue weighted by Crippen LogP contribution is 2.24. The number of ether oxygens (including phenoxy) is 1. The minimum Gasteiger partial charge on any atom is -0.493 e. The van der Waals surface area contributed by atoms with Crippen LogP contribution >= 0.6 is 28.1 Å². The second-order valence-corrected chi connectivity index (χ2v) is 7.22. The molecule has 0 radical (unpaired) electrons. The molecule has 0 saturated carbocycles. The first-order valence-corrected chi connectivity index (χ1v) is 9.33. The van der Waals surface area contributed by atoms with Crippen molar-refractivity contribution in [3.63, 3.8) is 0 Å². The van der Waals surface area contributed by atoms with Crippen LogP contribution in [-0.4, -0.2) is 35.6 Å². The molecule has 136 valence electrons. The second kappa shape index (κ2) is 11.1. The van der Waals surface area contributed by atoms with Gasteiger partial charge in [0.1, 0.15) is 5.75 Å². The molecule has 0 heterocycles. The van der Waals surface area contributed by atoms with Gasteiger partial charge in [-0.15, -0.1) is 13.2 Å². The maximum absolute atomic E-state index is 12.7. The van der Waals surface area contributed by atoms with Crippen LogP contribution in [0, 0.1) is 5.92 Å². The maximum Gasteiger partial charge on any atom is 0.261 e. The number of carbonyl (C=O) groups excluding carboxylic acids is 1. The Kier molecular flexibility index (Phi) is 9.45. The Hall–Kier alpha value is -1.66. The molecule has 0 aliphatic heterocycles. The maximum atomic E-state index is 12.7. The fourth-order valence-electron chi connectivity index (χ4n) is 2.01. The highest BCUT2D eigenvalue weighted by atomic mass is 79.9. The van der Waals surface area contributed by atoms with E-state index in [1.165, 1.54) is 0 Å². The van der Waals surface area contributed by atoms with E-state index in [9.17, 15) is 4.79 Å². The van der Waals surface area contributed by atoms with Crippen LogP contribution in [0.15, 0.2) is 48.0 Å². The molecule has 1 rings (SSSR count). The SMILES string of the molecule is C=CCN(CC=C)C(=S)NC(=O)c1cc(Br)ccc1OCCC(C)C. The Morgan fingerprint density at radius 3 is 2.56 bits per heavy atom. The smallest absolute Gasteiger partial charge is 0.261 e. The molecule has 0 saturated heterocycles. The molecule has 0 aliphatic rings. The van der Waals surface area contributed by atoms with Crippen molar-refractivity contribution in [3.05, 3.63) is 53.5 Å². The molecular formula is C19H25BrN2O2S. The van der Waals surface area contributed by atoms with Gasteiger partial charge < -0.3 is 9.64 Å². The second-order valence-electron chi connectivity index (χ2n) is 5.91. The molecule has 0 spiro atoms. The summed E-state index contributed by atoms with van der Waals surface area (Å²) in [4.78, 5) is 14.5. The first-order chi connectivity index (χ1) is 11.9. The Balaban J connectivity index is 2.88. The van der Waals surface area contributed by atoms with Crippen molar-refractivity contribution in [2.45, 2.75) is 20.3 Å². The lowest BCUT2D eigenvalue weighted by molar-refractivity contribution is 0.0969. The van der Waals surface area contributed by atoms with E-state index in [1.54, 1.807) is 29.2 Å². The topological polar surface area (TPSA) is 41.6 Å². The summed E-state index contributed by atoms with van der Waals surface area (Å²) in [6.07, 6.45) is 4.37. The minimum atomic E-state index is -0.302. The molecule has 0 unspecified atom stereocenters. The van der Waals surface area contributed by atoms with Crippen molar-refractivity contribution in [2.75, 3.05) is 19.7 Å². The molecule has 0 bridgehead atoms. The van der Waals surface area contributed by atoms with Crippen LogP contribution in [-0.2, 0) is 0 Å². The summed E-state index contributed by atoms with van der Waals surface area (Å²) in [7, 11) is 0. The number of rotatable bonds is 9. The monoisotopic (exact) mass is 424 g/mol. The van der Waals surface area contributed by atoms with E-state index in [2.05, 4.69) is 48.3 Å². The lowest BCUT2D eigenvalue weighted by atomic mass is 10.1. The highest BCUT2D eigenvalue weighted by Gasteiger charge is 2.17. The lowest BCUT2D eigenvalue weighted by Crippen LogP contribution is -2.42. The van der Waals surface area contributed by atoms with Crippen molar-refractivity contribution in [2.24, 2.45) is 5.92 Å². The van der Waals surface area contributed by atoms with Crippen LogP contribution in [0.25, 0.3) is 0 Å². The van der Waals surface area contributed by atoms with Crippen LogP contribution in [0.2, 0.25) is 0 Å². The summed E-state index contributed by atoms with van der Waals surface area (Å²) in [6.45, 7) is 13.3. The van der Waals surface area contributed by atoms with E-state index in [0.29, 0.717) is 42.0 Å². The number of carbonyl (C=O) groups is 1. The van der Waals surface area contributed by atoms with E-state index in [0.717, 1.165) is 10.9 Å². The van der Waals surface area contributed by atoms with Crippen molar-refractivity contribution in [3.8, 4) is 5.75 Å². The number of hydrogen-bond donors (Lipinski definition) is 1. The first-order valence-electron chi connectivity index (χ1n) is 8.13. The van der Waals surface area contributed by atoms with Crippen LogP contribution < -0.4 is 10.1 Å². The zero-order valence-corrected chi connectivity index (χ0v) is 17.2. The number of amides is 1. The standard InChI is InChI=1S/C19H25BrN2O2S/c1-5-10-22(11-6-2)19(25)21-18(23)16-13-15(20)7-8-17(16)24-12-9-14(3)4/h5-8,13-14H,1-2,9-12H2,3-4H3,(H,21,23,25). The molecule has 1 N–H and O–H groups in total. The summed E-state index contributed by atoms with van der Waals surface area (Å²) in [5, 5.41) is 3.09. The third-order valence-corrected chi connectivity index (χ3v) is 4.20. The molecule has 0 fully saturated rings. The third-order valence-electron chi connectivity index (χ3n) is 3.35. The molecule has 0 atom stereocenters. The summed E-state index contributed by atoms with van der Waals surface area (Å²) >= 11 is 8.72. The minimum absolute atomic E-state index is 0.302. The Labute approximate surface area is 164 Å². The predicted molar refractivity (Wildman–Crippen MR) is 111 cm³/mol. The van der Waals surface area contributed by atoms with E-state index < -0.39 is 0 Å². The summed E-state index contributed by atoms with van der Waals surface area (Å²) in [5.41, 5.74) is 0.442. The molecule has 4 nitrogen and oxygen atoms in total. The average Bonchev–Trinajstić information content (AvgIpc) is 2.55. The van der Waals surface area contributed by atoms with Crippen molar-refractivity contribution in [1.82, 2.24) is 10.2 Å². The molecule has 6 heteroatoms. The van der Waals surface area contributed by atoms with Gasteiger partial charge in [-0.05, 0) is 42.8 Å². The van der Waals surface area contributed by atoms with E-state index in [4.69, 9.17) is 17.0 Å². The fraction of sp³-hybridized carbons (Fsp3) is 0.368. The number of halogens is 1. The van der Waals surface area contributed by atoms with Crippen LogP contribution in [0.1, 0.15) is 30.6 Å². The van der Waals surface area contributed by atoms with Crippen molar-refractivity contribution < 1.29 is 9.53 Å². The van der Waals surface area contributed by atoms with Crippen molar-refractivity contribution >= 4 is 39.2 Å². The normalized spacial score (nSPS) is 10.2. The van der Waals surface area contributed by atoms with E-state index >= 15 is 0 Å². The Bertz CT molecular complexity index is 622. The molecule has 0 aromatic heterocycles. The first kappa shape index (κ1) is 21.4. The number of nitrogens with zero attached hydrogens (tertiary/aromatic N) is 1. The zero-order valence-electron chi connectivity index (χ0n) is 14.8. The van der Waals surface area contributed by atoms with Gasteiger partial charge in [-0.25, -0.2) is 0 Å². The number of hydrogen-bond acceptors (Lipinski definition) is 3. The fourth-order valence-corrected chi connectivity index (χ4v) is 2.61. The number of benzene rings is 1. The van der Waals surface area contributed by atoms with Gasteiger partial charge in [0.15, 0.2) is 5.11 Å². The largest absolute Gasteiger partial charge is 0.493 e. The molecule has 25 heavy (non-hydrogen) atoms. The molecule has 0 aliphatic carbocycles. The van der Waals surface area contributed by atoms with Crippen LogP contribution in [0.4, 0.5) is 0 Å². The Morgan fingerprint density at radius 2 is 2.00 bits per heavy atom. The van der Waals surface area contributed by atoms with Gasteiger partial charge in [0.05, 0.1) is 12.2 Å². The third kappa shape index (κ3) is 7.40. The molecular weight excluding hydrogens is 400 g/mol. The van der Waals surface area contributed by atoms with Gasteiger partial charge >= 0.3 is 0 Å². The summed E-state index contributed by atoms with van der Waals surface area (Å²) in [5.74, 6) is 0.777. The van der Waals surface area contributed by atoms with Gasteiger partial charge in [-0.2, -0.15) is 0 Å². The van der Waals surface area contributed by atoms with Gasteiger partial charge in [0.25, 0.3) is 5.91 Å². The number of nitrogens with one attached hydrogen (secondary N) is 1. The van der Waals surface area contributed by atoms with Gasteiger partial charge in [-0.1, -0.05) is 41.9 Å². The van der Waals surface area contributed by atoms with Crippen molar-refractivity contribution in [1.29, 1.82) is 0 Å². The van der Waals surface area contributed by atoms with Gasteiger partial charge in [0.2, 0.25) is 0 Å². The predicted octanol–water partition coefficient (Wildman–Crippen LogP) is 4.56. The summed E-state index contributed by atoms with van der Waals surface area (Å²) in [6, 6.07) is 5.36. The van der Waals surface area contributed by atoms with Gasteiger partial charge in [0, 0.05) is 17.6 Å². The van der Waals surface area contributed by atoms with E-state index in [-0.39, 0.29) is 5.91 Å². The highest BCUT2D eigenvalue weighted by molar-refractivity contribution is 9.10. The molecule has 1 aromatic rings. The quantitative estimate of drug-likeness (QED) is 0.465. The zero-order chi connectivity index (χ0) is 18.8.